The van der Waals surface area contributed by atoms with E-state index in [1.54, 1.807) is 10.9 Å². The monoisotopic (exact) mass is 353 g/mol. The lowest BCUT2D eigenvalue weighted by atomic mass is 10.2. The Morgan fingerprint density at radius 3 is 2.71 bits per heavy atom. The molecule has 0 aromatic carbocycles. The molecule has 4 rings (SSSR count). The summed E-state index contributed by atoms with van der Waals surface area (Å²) in [6, 6.07) is 0.416. The molecule has 2 aromatic heterocycles. The Hall–Kier alpha value is -1.48. The fourth-order valence-electron chi connectivity index (χ4n) is 3.60. The average molecular weight is 354 g/mol. The Kier molecular flexibility index (Phi) is 4.07. The van der Waals surface area contributed by atoms with Gasteiger partial charge in [-0.1, -0.05) is 12.8 Å². The fourth-order valence-corrected chi connectivity index (χ4v) is 3.76. The Morgan fingerprint density at radius 2 is 2.04 bits per heavy atom. The predicted octanol–water partition coefficient (Wildman–Crippen LogP) is 1.11. The lowest BCUT2D eigenvalue weighted by Crippen LogP contribution is -2.30. The van der Waals surface area contributed by atoms with E-state index in [1.807, 2.05) is 7.05 Å². The number of aliphatic hydroxyl groups excluding tert-OH is 2. The molecule has 2 fully saturated rings. The van der Waals surface area contributed by atoms with Crippen LogP contribution in [0.15, 0.2) is 6.33 Å². The van der Waals surface area contributed by atoms with E-state index in [9.17, 15) is 10.2 Å². The van der Waals surface area contributed by atoms with E-state index in [1.165, 1.54) is 12.8 Å². The third kappa shape index (κ3) is 2.54. The highest BCUT2D eigenvalue weighted by atomic mass is 35.5. The first-order valence-electron chi connectivity index (χ1n) is 8.17. The summed E-state index contributed by atoms with van der Waals surface area (Å²) in [5.74, 6) is 0.684. The number of hydrogen-bond acceptors (Lipinski definition) is 7. The summed E-state index contributed by atoms with van der Waals surface area (Å²) in [5.41, 5.74) is 1.11. The van der Waals surface area contributed by atoms with Gasteiger partial charge < -0.3 is 19.8 Å². The third-order valence-corrected chi connectivity index (χ3v) is 5.15. The number of fused-ring (bicyclic) bond motifs is 1. The largest absolute Gasteiger partial charge is 0.388 e. The molecule has 2 N–H and O–H groups in total. The Balaban J connectivity index is 1.77. The van der Waals surface area contributed by atoms with Gasteiger partial charge in [-0.15, -0.1) is 0 Å². The molecule has 3 atom stereocenters. The minimum atomic E-state index is -1.04. The van der Waals surface area contributed by atoms with Crippen LogP contribution in [-0.2, 0) is 4.74 Å². The second kappa shape index (κ2) is 6.11. The van der Waals surface area contributed by atoms with Crippen molar-refractivity contribution in [2.24, 2.45) is 0 Å². The first-order chi connectivity index (χ1) is 11.6. The molecule has 3 heterocycles. The molecule has 0 unspecified atom stereocenters. The Morgan fingerprint density at radius 1 is 1.29 bits per heavy atom. The van der Waals surface area contributed by atoms with Gasteiger partial charge in [0.25, 0.3) is 0 Å². The van der Waals surface area contributed by atoms with Crippen LogP contribution in [0.2, 0.25) is 5.28 Å². The summed E-state index contributed by atoms with van der Waals surface area (Å²) in [5, 5.41) is 19.9. The van der Waals surface area contributed by atoms with Crippen LogP contribution >= 0.6 is 11.6 Å². The van der Waals surface area contributed by atoms with Crippen molar-refractivity contribution < 1.29 is 14.9 Å². The maximum Gasteiger partial charge on any atom is 0.226 e. The maximum absolute atomic E-state index is 10.1. The summed E-state index contributed by atoms with van der Waals surface area (Å²) < 4.78 is 7.08. The van der Waals surface area contributed by atoms with Crippen LogP contribution in [-0.4, -0.2) is 61.6 Å². The summed E-state index contributed by atoms with van der Waals surface area (Å²) in [7, 11) is 2.00. The number of nitrogens with zero attached hydrogens (tertiary/aromatic N) is 5. The van der Waals surface area contributed by atoms with Crippen LogP contribution in [0.5, 0.6) is 0 Å². The van der Waals surface area contributed by atoms with E-state index < -0.39 is 18.4 Å². The first-order valence-corrected chi connectivity index (χ1v) is 8.54. The van der Waals surface area contributed by atoms with E-state index in [0.29, 0.717) is 23.0 Å². The Bertz CT molecular complexity index is 748. The van der Waals surface area contributed by atoms with E-state index in [-0.39, 0.29) is 11.9 Å². The smallest absolute Gasteiger partial charge is 0.226 e. The molecular weight excluding hydrogens is 334 g/mol. The zero-order chi connectivity index (χ0) is 16.8. The van der Waals surface area contributed by atoms with Gasteiger partial charge in [0, 0.05) is 13.1 Å². The maximum atomic E-state index is 10.1. The molecule has 1 aliphatic heterocycles. The molecule has 1 saturated heterocycles. The molecule has 2 aliphatic rings. The van der Waals surface area contributed by atoms with Crippen LogP contribution in [0.3, 0.4) is 0 Å². The van der Waals surface area contributed by atoms with Crippen molar-refractivity contribution in [2.45, 2.75) is 50.2 Å². The number of rotatable bonds is 3. The van der Waals surface area contributed by atoms with Crippen molar-refractivity contribution in [3.8, 4) is 0 Å². The van der Waals surface area contributed by atoms with Gasteiger partial charge in [0.2, 0.25) is 5.28 Å². The SMILES string of the molecule is CN(c1nc(Cl)nc2c1ncn2[C@@H]1OC[C@H](O)[C@H]1O)C1CCCC1. The molecule has 1 aliphatic carbocycles. The third-order valence-electron chi connectivity index (χ3n) is 4.98. The molecule has 8 nitrogen and oxygen atoms in total. The molecule has 0 spiro atoms. The van der Waals surface area contributed by atoms with Gasteiger partial charge >= 0.3 is 0 Å². The summed E-state index contributed by atoms with van der Waals surface area (Å²) in [6.45, 7) is 0.0686. The van der Waals surface area contributed by atoms with E-state index in [2.05, 4.69) is 19.9 Å². The molecule has 0 radical (unpaired) electrons. The Labute approximate surface area is 144 Å². The number of hydrogen-bond donors (Lipinski definition) is 2. The molecule has 0 bridgehead atoms. The summed E-state index contributed by atoms with van der Waals surface area (Å²) in [4.78, 5) is 15.2. The average Bonchev–Trinajstić information content (AvgIpc) is 3.28. The van der Waals surface area contributed by atoms with Crippen molar-refractivity contribution >= 4 is 28.6 Å². The van der Waals surface area contributed by atoms with Crippen molar-refractivity contribution in [1.82, 2.24) is 19.5 Å². The molecule has 9 heteroatoms. The highest BCUT2D eigenvalue weighted by Gasteiger charge is 2.37. The van der Waals surface area contributed by atoms with Gasteiger partial charge in [-0.25, -0.2) is 4.98 Å². The van der Waals surface area contributed by atoms with Crippen molar-refractivity contribution in [2.75, 3.05) is 18.6 Å². The minimum absolute atomic E-state index is 0.0686. The fraction of sp³-hybridized carbons (Fsp3) is 0.667. The minimum Gasteiger partial charge on any atom is -0.388 e. The quantitative estimate of drug-likeness (QED) is 0.798. The van der Waals surface area contributed by atoms with E-state index in [0.717, 1.165) is 12.8 Å². The topological polar surface area (TPSA) is 96.5 Å². The number of imidazole rings is 1. The van der Waals surface area contributed by atoms with Crippen molar-refractivity contribution in [1.29, 1.82) is 0 Å². The number of aliphatic hydroxyl groups is 2. The second-order valence-electron chi connectivity index (χ2n) is 6.47. The summed E-state index contributed by atoms with van der Waals surface area (Å²) in [6.07, 6.45) is 3.52. The normalized spacial score (nSPS) is 28.1. The number of ether oxygens (including phenoxy) is 1. The molecule has 130 valence electrons. The lowest BCUT2D eigenvalue weighted by Gasteiger charge is -2.25. The molecule has 0 amide bonds. The highest BCUT2D eigenvalue weighted by Crippen LogP contribution is 2.33. The van der Waals surface area contributed by atoms with Crippen LogP contribution in [0, 0.1) is 0 Å². The zero-order valence-corrected chi connectivity index (χ0v) is 14.1. The highest BCUT2D eigenvalue weighted by molar-refractivity contribution is 6.28. The van der Waals surface area contributed by atoms with Gasteiger partial charge in [0.15, 0.2) is 23.2 Å². The second-order valence-corrected chi connectivity index (χ2v) is 6.81. The molecular formula is C15H20ClN5O3. The van der Waals surface area contributed by atoms with E-state index >= 15 is 0 Å². The van der Waals surface area contributed by atoms with Crippen LogP contribution < -0.4 is 4.90 Å². The van der Waals surface area contributed by atoms with Crippen molar-refractivity contribution in [3.05, 3.63) is 11.6 Å². The van der Waals surface area contributed by atoms with Gasteiger partial charge in [-0.3, -0.25) is 4.57 Å². The molecule has 1 saturated carbocycles. The van der Waals surface area contributed by atoms with E-state index in [4.69, 9.17) is 16.3 Å². The summed E-state index contributed by atoms with van der Waals surface area (Å²) >= 11 is 6.13. The van der Waals surface area contributed by atoms with Gasteiger partial charge in [0.05, 0.1) is 12.9 Å². The first kappa shape index (κ1) is 16.0. The molecule has 2 aromatic rings. The number of anilines is 1. The number of halogens is 1. The standard InChI is InChI=1S/C15H20ClN5O3/c1-20(8-4-2-3-5-8)12-10-13(19-15(16)18-12)21(7-17-10)14-11(23)9(22)6-24-14/h7-9,11,14,22-23H,2-6H2,1H3/t9-,11+,14+/m0/s1. The van der Waals surface area contributed by atoms with Crippen LogP contribution in [0.25, 0.3) is 11.2 Å². The van der Waals surface area contributed by atoms with Crippen molar-refractivity contribution in [3.63, 3.8) is 0 Å². The number of aromatic nitrogens is 4. The van der Waals surface area contributed by atoms with Gasteiger partial charge in [-0.2, -0.15) is 9.97 Å². The van der Waals surface area contributed by atoms with Gasteiger partial charge in [0.1, 0.15) is 12.2 Å². The van der Waals surface area contributed by atoms with Crippen LogP contribution in [0.4, 0.5) is 5.82 Å². The van der Waals surface area contributed by atoms with Gasteiger partial charge in [-0.05, 0) is 24.4 Å². The molecule has 24 heavy (non-hydrogen) atoms. The predicted molar refractivity (Wildman–Crippen MR) is 88.0 cm³/mol. The zero-order valence-electron chi connectivity index (χ0n) is 13.3. The lowest BCUT2D eigenvalue weighted by molar-refractivity contribution is -0.0162. The van der Waals surface area contributed by atoms with Crippen LogP contribution in [0.1, 0.15) is 31.9 Å².